The van der Waals surface area contributed by atoms with Gasteiger partial charge < -0.3 is 4.74 Å². The molecule has 1 heterocycles. The van der Waals surface area contributed by atoms with Crippen LogP contribution in [0.2, 0.25) is 0 Å². The third kappa shape index (κ3) is 1.89. The molecule has 1 rings (SSSR count). The van der Waals surface area contributed by atoms with Gasteiger partial charge in [-0.05, 0) is 0 Å². The summed E-state index contributed by atoms with van der Waals surface area (Å²) in [7, 11) is 0. The van der Waals surface area contributed by atoms with Crippen molar-refractivity contribution in [2.45, 2.75) is 0 Å². The van der Waals surface area contributed by atoms with E-state index in [4.69, 9.17) is 4.74 Å². The number of nitrogens with one attached hydrogen (secondary N) is 1. The smallest absolute Gasteiger partial charge is 0.0966 e. The molecule has 1 saturated heterocycles. The molecule has 40 valence electrons. The number of ether oxygens (including phenoxy) is 1. The first-order chi connectivity index (χ1) is 2.50. The minimum atomic E-state index is 0. The summed E-state index contributed by atoms with van der Waals surface area (Å²) in [5, 5.41) is 3.00. The van der Waals surface area contributed by atoms with Gasteiger partial charge >= 0.3 is 0 Å². The van der Waals surface area contributed by atoms with E-state index in [0.29, 0.717) is 0 Å². The Hall–Kier alpha value is 0.582. The van der Waals surface area contributed by atoms with Gasteiger partial charge in [0.15, 0.2) is 0 Å². The van der Waals surface area contributed by atoms with Crippen LogP contribution in [0.3, 0.4) is 0 Å². The maximum Gasteiger partial charge on any atom is 0.0966 e. The van der Waals surface area contributed by atoms with Crippen LogP contribution in [0.15, 0.2) is 0 Å². The molecule has 0 radical (unpaired) electrons. The third-order valence-corrected chi connectivity index (χ3v) is 0.627. The normalized spacial score (nSPS) is 20.0. The number of rotatable bonds is 0. The molecule has 0 amide bonds. The fourth-order valence-corrected chi connectivity index (χ4v) is 0.361. The second kappa shape index (κ2) is 3.76. The van der Waals surface area contributed by atoms with Crippen LogP contribution in [0.1, 0.15) is 0 Å². The largest absolute Gasteiger partial charge is 0.365 e. The molecule has 0 aliphatic carbocycles. The average Bonchev–Trinajstić information content (AvgIpc) is 1.76. The maximum atomic E-state index is 4.83. The van der Waals surface area contributed by atoms with Crippen molar-refractivity contribution in [2.24, 2.45) is 0 Å². The molecule has 2 nitrogen and oxygen atoms in total. The van der Waals surface area contributed by atoms with Crippen LogP contribution >= 0.6 is 0 Å². The van der Waals surface area contributed by atoms with Gasteiger partial charge in [0.2, 0.25) is 0 Å². The van der Waals surface area contributed by atoms with Crippen LogP contribution in [-0.4, -0.2) is 19.9 Å². The van der Waals surface area contributed by atoms with Gasteiger partial charge in [-0.25, -0.2) is 0 Å². The van der Waals surface area contributed by atoms with E-state index in [1.807, 2.05) is 0 Å². The summed E-state index contributed by atoms with van der Waals surface area (Å²) in [6, 6.07) is 0. The van der Waals surface area contributed by atoms with E-state index in [2.05, 4.69) is 5.32 Å². The Morgan fingerprint density at radius 2 is 2.33 bits per heavy atom. The van der Waals surface area contributed by atoms with E-state index in [1.54, 1.807) is 0 Å². The van der Waals surface area contributed by atoms with Crippen molar-refractivity contribution >= 4 is 0 Å². The standard InChI is InChI=1S/C3H7NO.Pd/c1-2-5-3-4-1;/h4H,1-3H2;. The molecule has 0 aromatic rings. The van der Waals surface area contributed by atoms with E-state index < -0.39 is 0 Å². The Balaban J connectivity index is 0.000000250. The second-order valence-corrected chi connectivity index (χ2v) is 1.05. The zero-order valence-corrected chi connectivity index (χ0v) is 4.90. The fourth-order valence-electron chi connectivity index (χ4n) is 0.361. The van der Waals surface area contributed by atoms with Crippen LogP contribution in [0, 0.1) is 0 Å². The molecule has 1 fully saturated rings. The molecule has 0 spiro atoms. The second-order valence-electron chi connectivity index (χ2n) is 1.05. The van der Waals surface area contributed by atoms with E-state index in [9.17, 15) is 0 Å². The molecule has 3 heteroatoms. The predicted octanol–water partition coefficient (Wildman–Crippen LogP) is -0.439. The SMILES string of the molecule is C1COCN1.[Pd]. The van der Waals surface area contributed by atoms with Crippen molar-refractivity contribution in [3.63, 3.8) is 0 Å². The molecule has 1 aliphatic heterocycles. The van der Waals surface area contributed by atoms with E-state index >= 15 is 0 Å². The monoisotopic (exact) mass is 179 g/mol. The minimum Gasteiger partial charge on any atom is -0.365 e. The molecular weight excluding hydrogens is 172 g/mol. The first kappa shape index (κ1) is 6.58. The van der Waals surface area contributed by atoms with E-state index in [1.165, 1.54) is 0 Å². The van der Waals surface area contributed by atoms with Crippen molar-refractivity contribution in [1.29, 1.82) is 0 Å². The van der Waals surface area contributed by atoms with Crippen LogP contribution in [0.4, 0.5) is 0 Å². The predicted molar refractivity (Wildman–Crippen MR) is 18.8 cm³/mol. The Morgan fingerprint density at radius 1 is 1.50 bits per heavy atom. The molecule has 0 saturated carbocycles. The molecule has 0 bridgehead atoms. The summed E-state index contributed by atoms with van der Waals surface area (Å²) in [5.41, 5.74) is 0. The first-order valence-corrected chi connectivity index (χ1v) is 1.78. The van der Waals surface area contributed by atoms with Crippen LogP contribution in [0.5, 0.6) is 0 Å². The number of hydrogen-bond donors (Lipinski definition) is 1. The zero-order chi connectivity index (χ0) is 3.54. The summed E-state index contributed by atoms with van der Waals surface area (Å²) in [4.78, 5) is 0. The summed E-state index contributed by atoms with van der Waals surface area (Å²) < 4.78 is 4.83. The molecule has 0 aromatic heterocycles. The van der Waals surface area contributed by atoms with Crippen molar-refractivity contribution in [3.05, 3.63) is 0 Å². The average molecular weight is 180 g/mol. The van der Waals surface area contributed by atoms with Crippen molar-refractivity contribution in [2.75, 3.05) is 19.9 Å². The van der Waals surface area contributed by atoms with E-state index in [0.717, 1.165) is 19.9 Å². The van der Waals surface area contributed by atoms with Gasteiger partial charge in [-0.2, -0.15) is 0 Å². The van der Waals surface area contributed by atoms with Crippen molar-refractivity contribution in [3.8, 4) is 0 Å². The van der Waals surface area contributed by atoms with Gasteiger partial charge in [0.25, 0.3) is 0 Å². The summed E-state index contributed by atoms with van der Waals surface area (Å²) in [6.45, 7) is 2.67. The maximum absolute atomic E-state index is 4.83. The van der Waals surface area contributed by atoms with Gasteiger partial charge in [0, 0.05) is 27.0 Å². The van der Waals surface area contributed by atoms with Gasteiger partial charge in [-0.15, -0.1) is 0 Å². The topological polar surface area (TPSA) is 21.3 Å². The minimum absolute atomic E-state index is 0. The molecule has 0 unspecified atom stereocenters. The van der Waals surface area contributed by atoms with E-state index in [-0.39, 0.29) is 20.4 Å². The quantitative estimate of drug-likeness (QED) is 0.509. The van der Waals surface area contributed by atoms with Crippen molar-refractivity contribution < 1.29 is 25.2 Å². The molecule has 6 heavy (non-hydrogen) atoms. The van der Waals surface area contributed by atoms with Gasteiger partial charge in [0.1, 0.15) is 0 Å². The summed E-state index contributed by atoms with van der Waals surface area (Å²) in [6.07, 6.45) is 0. The Kier molecular flexibility index (Phi) is 4.13. The molecule has 0 aromatic carbocycles. The Morgan fingerprint density at radius 3 is 2.50 bits per heavy atom. The third-order valence-electron chi connectivity index (χ3n) is 0.627. The fraction of sp³-hybridized carbons (Fsp3) is 1.00. The number of hydrogen-bond acceptors (Lipinski definition) is 2. The van der Waals surface area contributed by atoms with Gasteiger partial charge in [-0.3, -0.25) is 5.32 Å². The molecule has 0 atom stereocenters. The first-order valence-electron chi connectivity index (χ1n) is 1.78. The summed E-state index contributed by atoms with van der Waals surface area (Å²) in [5.74, 6) is 0. The summed E-state index contributed by atoms with van der Waals surface area (Å²) >= 11 is 0. The Labute approximate surface area is 50.9 Å². The molecular formula is C3H7NOPd. The molecule has 1 aliphatic rings. The zero-order valence-electron chi connectivity index (χ0n) is 3.35. The van der Waals surface area contributed by atoms with Crippen LogP contribution < -0.4 is 5.32 Å². The van der Waals surface area contributed by atoms with Crippen molar-refractivity contribution in [1.82, 2.24) is 5.32 Å². The van der Waals surface area contributed by atoms with Gasteiger partial charge in [0.05, 0.1) is 13.3 Å². The van der Waals surface area contributed by atoms with Crippen LogP contribution in [-0.2, 0) is 25.2 Å². The molecule has 1 N–H and O–H groups in total. The van der Waals surface area contributed by atoms with Crippen LogP contribution in [0.25, 0.3) is 0 Å². The Bertz CT molecular complexity index is 22.4. The van der Waals surface area contributed by atoms with Gasteiger partial charge in [-0.1, -0.05) is 0 Å².